The first-order chi connectivity index (χ1) is 12.4. The lowest BCUT2D eigenvalue weighted by molar-refractivity contribution is 0.579. The second-order valence-corrected chi connectivity index (χ2v) is 6.55. The summed E-state index contributed by atoms with van der Waals surface area (Å²) in [6.45, 7) is 6.15. The van der Waals surface area contributed by atoms with E-state index in [2.05, 4.69) is 20.8 Å². The van der Waals surface area contributed by atoms with E-state index in [0.29, 0.717) is 17.2 Å². The van der Waals surface area contributed by atoms with E-state index in [1.807, 2.05) is 33.9 Å². The minimum atomic E-state index is -0.237. The van der Waals surface area contributed by atoms with Crippen molar-refractivity contribution in [3.63, 3.8) is 0 Å². The summed E-state index contributed by atoms with van der Waals surface area (Å²) in [5.74, 6) is -0.237. The summed E-state index contributed by atoms with van der Waals surface area (Å²) in [6, 6.07) is 6.71. The van der Waals surface area contributed by atoms with E-state index in [-0.39, 0.29) is 5.82 Å². The molecule has 26 heavy (non-hydrogen) atoms. The van der Waals surface area contributed by atoms with E-state index in [1.165, 1.54) is 6.07 Å². The van der Waals surface area contributed by atoms with E-state index in [0.717, 1.165) is 28.5 Å². The lowest BCUT2D eigenvalue weighted by atomic mass is 10.2. The molecule has 2 N–H and O–H groups in total. The van der Waals surface area contributed by atoms with E-state index in [1.54, 1.807) is 27.7 Å². The molecule has 0 unspecified atom stereocenters. The van der Waals surface area contributed by atoms with Crippen molar-refractivity contribution in [1.29, 1.82) is 0 Å². The first kappa shape index (κ1) is 18.1. The topological polar surface area (TPSA) is 59.7 Å². The third-order valence-electron chi connectivity index (χ3n) is 4.38. The largest absolute Gasteiger partial charge is 0.330 e. The molecule has 2 aromatic heterocycles. The highest BCUT2D eigenvalue weighted by molar-refractivity contribution is 7.80. The number of aryl methyl sites for hydroxylation is 2. The number of benzene rings is 1. The van der Waals surface area contributed by atoms with Crippen molar-refractivity contribution in [3.05, 3.63) is 58.9 Å². The summed E-state index contributed by atoms with van der Waals surface area (Å²) < 4.78 is 17.5. The molecule has 3 aromatic rings. The number of aromatic nitrogens is 4. The molecule has 0 saturated heterocycles. The zero-order valence-electron chi connectivity index (χ0n) is 15.2. The average Bonchev–Trinajstić information content (AvgIpc) is 3.05. The monoisotopic (exact) mass is 372 g/mol. The molecule has 2 heterocycles. The molecular formula is C18H21FN6S. The lowest BCUT2D eigenvalue weighted by Crippen LogP contribution is -2.20. The van der Waals surface area contributed by atoms with Crippen LogP contribution in [-0.2, 0) is 13.6 Å². The van der Waals surface area contributed by atoms with Gasteiger partial charge in [-0.05, 0) is 39.1 Å². The maximum absolute atomic E-state index is 13.9. The van der Waals surface area contributed by atoms with Crippen LogP contribution in [0.1, 0.15) is 22.6 Å². The van der Waals surface area contributed by atoms with Crippen LogP contribution in [0.15, 0.2) is 30.5 Å². The fourth-order valence-corrected chi connectivity index (χ4v) is 2.92. The molecule has 0 spiro atoms. The van der Waals surface area contributed by atoms with Crippen molar-refractivity contribution in [2.24, 2.45) is 7.05 Å². The molecule has 0 aliphatic carbocycles. The van der Waals surface area contributed by atoms with Crippen LogP contribution in [0, 0.1) is 26.6 Å². The van der Waals surface area contributed by atoms with Gasteiger partial charge in [-0.3, -0.25) is 9.36 Å². The Labute approximate surface area is 157 Å². The van der Waals surface area contributed by atoms with E-state index in [4.69, 9.17) is 12.2 Å². The lowest BCUT2D eigenvalue weighted by Gasteiger charge is -2.11. The first-order valence-corrected chi connectivity index (χ1v) is 8.61. The zero-order chi connectivity index (χ0) is 18.8. The predicted molar refractivity (Wildman–Crippen MR) is 105 cm³/mol. The Morgan fingerprint density at radius 1 is 1.15 bits per heavy atom. The fourth-order valence-electron chi connectivity index (χ4n) is 2.71. The Hall–Kier alpha value is -2.74. The minimum absolute atomic E-state index is 0.237. The zero-order valence-corrected chi connectivity index (χ0v) is 16.0. The highest BCUT2D eigenvalue weighted by Gasteiger charge is 2.15. The maximum atomic E-state index is 13.9. The molecule has 0 bridgehead atoms. The Balaban J connectivity index is 1.76. The van der Waals surface area contributed by atoms with Gasteiger partial charge in [-0.1, -0.05) is 18.2 Å². The number of hydrogen-bond acceptors (Lipinski definition) is 3. The van der Waals surface area contributed by atoms with Gasteiger partial charge < -0.3 is 10.6 Å². The third-order valence-corrected chi connectivity index (χ3v) is 4.59. The van der Waals surface area contributed by atoms with Crippen LogP contribution in [0.5, 0.6) is 0 Å². The number of hydrogen-bond donors (Lipinski definition) is 2. The van der Waals surface area contributed by atoms with Gasteiger partial charge in [-0.15, -0.1) is 0 Å². The highest BCUT2D eigenvalue weighted by atomic mass is 32.1. The Bertz CT molecular complexity index is 959. The van der Waals surface area contributed by atoms with Crippen molar-refractivity contribution in [3.8, 4) is 0 Å². The van der Waals surface area contributed by atoms with Gasteiger partial charge in [0, 0.05) is 12.6 Å². The molecule has 0 fully saturated rings. The summed E-state index contributed by atoms with van der Waals surface area (Å²) in [6.07, 6.45) is 1.73. The normalized spacial score (nSPS) is 10.8. The van der Waals surface area contributed by atoms with Crippen molar-refractivity contribution >= 4 is 28.7 Å². The van der Waals surface area contributed by atoms with Gasteiger partial charge in [0.15, 0.2) is 5.11 Å². The molecule has 0 radical (unpaired) electrons. The summed E-state index contributed by atoms with van der Waals surface area (Å²) in [5.41, 5.74) is 4.93. The molecule has 3 rings (SSSR count). The minimum Gasteiger partial charge on any atom is -0.330 e. The van der Waals surface area contributed by atoms with Crippen LogP contribution in [0.3, 0.4) is 0 Å². The molecule has 1 aromatic carbocycles. The standard InChI is InChI=1S/C18H21FN6S/c1-11-17(22-18(26)21-16-9-20-24(4)12(16)2)13(3)25(23-11)10-14-7-5-6-8-15(14)19/h5-9H,10H2,1-4H3,(H2,21,22,26). The third kappa shape index (κ3) is 3.60. The number of halogens is 1. The number of anilines is 2. The van der Waals surface area contributed by atoms with Crippen LogP contribution < -0.4 is 10.6 Å². The average molecular weight is 372 g/mol. The van der Waals surface area contributed by atoms with Gasteiger partial charge in [0.2, 0.25) is 0 Å². The van der Waals surface area contributed by atoms with Crippen LogP contribution in [0.2, 0.25) is 0 Å². The molecule has 0 saturated carbocycles. The molecule has 0 aliphatic heterocycles. The number of rotatable bonds is 4. The molecule has 0 amide bonds. The van der Waals surface area contributed by atoms with Crippen LogP contribution in [-0.4, -0.2) is 24.7 Å². The summed E-state index contributed by atoms with van der Waals surface area (Å²) in [5, 5.41) is 15.5. The second-order valence-electron chi connectivity index (χ2n) is 6.14. The van der Waals surface area contributed by atoms with E-state index in [9.17, 15) is 4.39 Å². The van der Waals surface area contributed by atoms with Crippen molar-refractivity contribution < 1.29 is 4.39 Å². The van der Waals surface area contributed by atoms with Gasteiger partial charge in [-0.25, -0.2) is 4.39 Å². The Kier molecular flexibility index (Phi) is 5.03. The number of nitrogens with one attached hydrogen (secondary N) is 2. The summed E-state index contributed by atoms with van der Waals surface area (Å²) in [7, 11) is 1.87. The smallest absolute Gasteiger partial charge is 0.175 e. The van der Waals surface area contributed by atoms with Gasteiger partial charge in [0.25, 0.3) is 0 Å². The van der Waals surface area contributed by atoms with Crippen LogP contribution in [0.25, 0.3) is 0 Å². The van der Waals surface area contributed by atoms with Gasteiger partial charge in [0.05, 0.1) is 41.2 Å². The fraction of sp³-hybridized carbons (Fsp3) is 0.278. The van der Waals surface area contributed by atoms with Crippen molar-refractivity contribution in [1.82, 2.24) is 19.6 Å². The van der Waals surface area contributed by atoms with Gasteiger partial charge >= 0.3 is 0 Å². The molecular weight excluding hydrogens is 351 g/mol. The molecule has 8 heteroatoms. The van der Waals surface area contributed by atoms with Gasteiger partial charge in [0.1, 0.15) is 5.82 Å². The quantitative estimate of drug-likeness (QED) is 0.686. The second kappa shape index (κ2) is 7.25. The van der Waals surface area contributed by atoms with Gasteiger partial charge in [-0.2, -0.15) is 10.2 Å². The SMILES string of the molecule is Cc1nn(Cc2ccccc2F)c(C)c1NC(=S)Nc1cnn(C)c1C. The maximum Gasteiger partial charge on any atom is 0.175 e. The van der Waals surface area contributed by atoms with Crippen LogP contribution in [0.4, 0.5) is 15.8 Å². The first-order valence-electron chi connectivity index (χ1n) is 8.21. The number of nitrogens with zero attached hydrogens (tertiary/aromatic N) is 4. The van der Waals surface area contributed by atoms with Crippen molar-refractivity contribution in [2.45, 2.75) is 27.3 Å². The Morgan fingerprint density at radius 2 is 1.88 bits per heavy atom. The Morgan fingerprint density at radius 3 is 2.54 bits per heavy atom. The molecule has 136 valence electrons. The predicted octanol–water partition coefficient (Wildman–Crippen LogP) is 3.54. The van der Waals surface area contributed by atoms with E-state index >= 15 is 0 Å². The molecule has 6 nitrogen and oxygen atoms in total. The van der Waals surface area contributed by atoms with Crippen LogP contribution >= 0.6 is 12.2 Å². The molecule has 0 atom stereocenters. The summed E-state index contributed by atoms with van der Waals surface area (Å²) >= 11 is 5.41. The highest BCUT2D eigenvalue weighted by Crippen LogP contribution is 2.22. The molecule has 0 aliphatic rings. The summed E-state index contributed by atoms with van der Waals surface area (Å²) in [4.78, 5) is 0. The number of thiocarbonyl (C=S) groups is 1. The van der Waals surface area contributed by atoms with Crippen molar-refractivity contribution in [2.75, 3.05) is 10.6 Å². The van der Waals surface area contributed by atoms with E-state index < -0.39 is 0 Å².